The molecule has 0 spiro atoms. The summed E-state index contributed by atoms with van der Waals surface area (Å²) in [5.41, 5.74) is 0. The van der Waals surface area contributed by atoms with E-state index in [0.717, 1.165) is 24.3 Å². The summed E-state index contributed by atoms with van der Waals surface area (Å²) in [5, 5.41) is 0. The van der Waals surface area contributed by atoms with Gasteiger partial charge in [-0.2, -0.15) is 13.2 Å². The van der Waals surface area contributed by atoms with E-state index < -0.39 is 23.9 Å². The first kappa shape index (κ1) is 15.9. The molecule has 16 heavy (non-hydrogen) atoms. The summed E-state index contributed by atoms with van der Waals surface area (Å²) >= 11 is -2.39. The number of halogens is 3. The summed E-state index contributed by atoms with van der Waals surface area (Å²) < 4.78 is 60.4. The molecule has 0 aromatic heterocycles. The van der Waals surface area contributed by atoms with Crippen LogP contribution in [0.25, 0.3) is 0 Å². The fourth-order valence-electron chi connectivity index (χ4n) is 0.812. The summed E-state index contributed by atoms with van der Waals surface area (Å²) in [6.45, 7) is -1.40. The average molecular weight is 262 g/mol. The zero-order chi connectivity index (χ0) is 11.5. The normalized spacial score (nSPS) is 12.8. The Morgan fingerprint density at radius 1 is 1.25 bits per heavy atom. The van der Waals surface area contributed by atoms with E-state index in [2.05, 4.69) is 4.74 Å². The van der Waals surface area contributed by atoms with Crippen molar-refractivity contribution in [1.82, 2.24) is 0 Å². The quantitative estimate of drug-likeness (QED) is 0.511. The van der Waals surface area contributed by atoms with Gasteiger partial charge < -0.3 is 9.29 Å². The first-order valence-corrected chi connectivity index (χ1v) is 4.85. The predicted octanol–water partition coefficient (Wildman–Crippen LogP) is -1.13. The van der Waals surface area contributed by atoms with Crippen LogP contribution in [0.2, 0.25) is 0 Å². The minimum Gasteiger partial charge on any atom is -0.768 e. The second kappa shape index (κ2) is 6.61. The van der Waals surface area contributed by atoms with Crippen LogP contribution in [0.15, 0.2) is 29.2 Å². The molecule has 3 nitrogen and oxygen atoms in total. The Hall–Kier alpha value is -0.0800. The van der Waals surface area contributed by atoms with Crippen molar-refractivity contribution in [3.05, 3.63) is 24.3 Å². The zero-order valence-electron chi connectivity index (χ0n) is 8.28. The molecular formula is C8H6F3NaO3S. The maximum Gasteiger partial charge on any atom is 1.00 e. The van der Waals surface area contributed by atoms with E-state index in [0.29, 0.717) is 0 Å². The van der Waals surface area contributed by atoms with Crippen LogP contribution in [0, 0.1) is 0 Å². The van der Waals surface area contributed by atoms with E-state index in [4.69, 9.17) is 0 Å². The predicted molar refractivity (Wildman–Crippen MR) is 45.2 cm³/mol. The van der Waals surface area contributed by atoms with Gasteiger partial charge in [-0.05, 0) is 35.3 Å². The fourth-order valence-corrected chi connectivity index (χ4v) is 1.17. The van der Waals surface area contributed by atoms with Crippen molar-refractivity contribution < 1.29 is 56.2 Å². The molecule has 0 bridgehead atoms. The number of hydrogen-bond donors (Lipinski definition) is 0. The van der Waals surface area contributed by atoms with E-state index in [9.17, 15) is 21.9 Å². The molecule has 0 saturated carbocycles. The van der Waals surface area contributed by atoms with Crippen molar-refractivity contribution in [2.45, 2.75) is 11.1 Å². The summed E-state index contributed by atoms with van der Waals surface area (Å²) in [6.07, 6.45) is -4.40. The van der Waals surface area contributed by atoms with Crippen LogP contribution in [0.5, 0.6) is 5.75 Å². The number of alkyl halides is 3. The molecule has 1 unspecified atom stereocenters. The molecule has 0 aliphatic heterocycles. The molecule has 0 fully saturated rings. The Balaban J connectivity index is 0.00000225. The van der Waals surface area contributed by atoms with Gasteiger partial charge in [-0.3, -0.25) is 4.21 Å². The van der Waals surface area contributed by atoms with Crippen LogP contribution in [0.1, 0.15) is 0 Å². The number of benzene rings is 1. The van der Waals surface area contributed by atoms with Crippen molar-refractivity contribution >= 4 is 11.1 Å². The topological polar surface area (TPSA) is 49.4 Å². The molecule has 0 aliphatic rings. The first-order valence-electron chi connectivity index (χ1n) is 3.77. The van der Waals surface area contributed by atoms with Gasteiger partial charge in [0.2, 0.25) is 0 Å². The maximum absolute atomic E-state index is 11.7. The van der Waals surface area contributed by atoms with Gasteiger partial charge in [0, 0.05) is 4.90 Å². The van der Waals surface area contributed by atoms with Crippen LogP contribution >= 0.6 is 0 Å². The Morgan fingerprint density at radius 3 is 2.12 bits per heavy atom. The molecule has 1 atom stereocenters. The Morgan fingerprint density at radius 2 is 1.75 bits per heavy atom. The third-order valence-electron chi connectivity index (χ3n) is 1.42. The van der Waals surface area contributed by atoms with E-state index in [1.807, 2.05) is 0 Å². The molecule has 0 radical (unpaired) electrons. The largest absolute Gasteiger partial charge is 1.00 e. The molecule has 0 aliphatic carbocycles. The summed E-state index contributed by atoms with van der Waals surface area (Å²) in [6, 6.07) is 4.65. The SMILES string of the molecule is O=S([O-])c1ccc(OCC(F)(F)F)cc1.[Na+]. The van der Waals surface area contributed by atoms with Gasteiger partial charge in [0.1, 0.15) is 5.75 Å². The van der Waals surface area contributed by atoms with Gasteiger partial charge in [-0.15, -0.1) is 0 Å². The van der Waals surface area contributed by atoms with Crippen molar-refractivity contribution in [3.8, 4) is 5.75 Å². The molecule has 1 aromatic carbocycles. The zero-order valence-corrected chi connectivity index (χ0v) is 11.1. The van der Waals surface area contributed by atoms with Crippen LogP contribution in [-0.2, 0) is 11.1 Å². The van der Waals surface area contributed by atoms with Gasteiger partial charge in [0.05, 0.1) is 0 Å². The van der Waals surface area contributed by atoms with Crippen LogP contribution in [0.3, 0.4) is 0 Å². The second-order valence-electron chi connectivity index (χ2n) is 2.61. The number of hydrogen-bond acceptors (Lipinski definition) is 3. The molecule has 0 heterocycles. The van der Waals surface area contributed by atoms with Crippen LogP contribution in [0.4, 0.5) is 13.2 Å². The van der Waals surface area contributed by atoms with Crippen LogP contribution < -0.4 is 34.3 Å². The van der Waals surface area contributed by atoms with Gasteiger partial charge in [-0.25, -0.2) is 0 Å². The molecular weight excluding hydrogens is 256 g/mol. The molecule has 84 valence electrons. The second-order valence-corrected chi connectivity index (χ2v) is 3.55. The van der Waals surface area contributed by atoms with Crippen molar-refractivity contribution in [1.29, 1.82) is 0 Å². The van der Waals surface area contributed by atoms with Gasteiger partial charge in [0.15, 0.2) is 6.61 Å². The van der Waals surface area contributed by atoms with E-state index in [-0.39, 0.29) is 40.2 Å². The Labute approximate surface area is 115 Å². The van der Waals surface area contributed by atoms with E-state index in [1.165, 1.54) is 0 Å². The number of ether oxygens (including phenoxy) is 1. The smallest absolute Gasteiger partial charge is 0.768 e. The minimum absolute atomic E-state index is 0. The minimum atomic E-state index is -4.40. The Bertz CT molecular complexity index is 353. The summed E-state index contributed by atoms with van der Waals surface area (Å²) in [4.78, 5) is -0.00522. The molecule has 0 amide bonds. The van der Waals surface area contributed by atoms with Crippen molar-refractivity contribution in [2.24, 2.45) is 0 Å². The third-order valence-corrected chi connectivity index (χ3v) is 2.08. The molecule has 1 aromatic rings. The Kier molecular flexibility index (Phi) is 6.57. The first-order chi connectivity index (χ1) is 6.88. The molecule has 0 N–H and O–H groups in total. The van der Waals surface area contributed by atoms with Crippen LogP contribution in [-0.4, -0.2) is 21.5 Å². The van der Waals surface area contributed by atoms with E-state index >= 15 is 0 Å². The molecule has 1 rings (SSSR count). The van der Waals surface area contributed by atoms with Gasteiger partial charge >= 0.3 is 35.7 Å². The van der Waals surface area contributed by atoms with E-state index in [1.54, 1.807) is 0 Å². The summed E-state index contributed by atoms with van der Waals surface area (Å²) in [5.74, 6) is -0.0264. The average Bonchev–Trinajstić information content (AvgIpc) is 2.14. The van der Waals surface area contributed by atoms with Gasteiger partial charge in [0.25, 0.3) is 0 Å². The third kappa shape index (κ3) is 5.86. The maximum atomic E-state index is 11.7. The monoisotopic (exact) mass is 262 g/mol. The van der Waals surface area contributed by atoms with Crippen molar-refractivity contribution in [3.63, 3.8) is 0 Å². The van der Waals surface area contributed by atoms with Gasteiger partial charge in [-0.1, -0.05) is 0 Å². The van der Waals surface area contributed by atoms with Crippen molar-refractivity contribution in [2.75, 3.05) is 6.61 Å². The fraction of sp³-hybridized carbons (Fsp3) is 0.250. The molecule has 8 heteroatoms. The number of rotatable bonds is 3. The standard InChI is InChI=1S/C8H7F3O3S.Na/c9-8(10,11)5-14-6-1-3-7(4-2-6)15(12)13;/h1-4H,5H2,(H,12,13);/q;+1/p-1. The molecule has 0 saturated heterocycles. The summed E-state index contributed by atoms with van der Waals surface area (Å²) in [7, 11) is 0.